The zero-order valence-electron chi connectivity index (χ0n) is 11.2. The van der Waals surface area contributed by atoms with Crippen LogP contribution in [-0.2, 0) is 5.41 Å². The van der Waals surface area contributed by atoms with Crippen LogP contribution >= 0.6 is 0 Å². The zero-order valence-corrected chi connectivity index (χ0v) is 11.2. The van der Waals surface area contributed by atoms with Gasteiger partial charge in [0.05, 0.1) is 0 Å². The van der Waals surface area contributed by atoms with Gasteiger partial charge in [-0.05, 0) is 47.4 Å². The Kier molecular flexibility index (Phi) is 3.28. The van der Waals surface area contributed by atoms with Crippen LogP contribution in [0.2, 0.25) is 0 Å². The van der Waals surface area contributed by atoms with E-state index in [0.717, 1.165) is 17.1 Å². The van der Waals surface area contributed by atoms with Gasteiger partial charge in [0.2, 0.25) is 0 Å². The van der Waals surface area contributed by atoms with E-state index in [9.17, 15) is 0 Å². The van der Waals surface area contributed by atoms with E-state index < -0.39 is 0 Å². The maximum absolute atomic E-state index is 5.66. The minimum atomic E-state index is 0.194. The summed E-state index contributed by atoms with van der Waals surface area (Å²) in [6.07, 6.45) is 0. The van der Waals surface area contributed by atoms with Crippen molar-refractivity contribution in [2.45, 2.75) is 26.2 Å². The van der Waals surface area contributed by atoms with Crippen LogP contribution in [0.25, 0.3) is 0 Å². The highest BCUT2D eigenvalue weighted by molar-refractivity contribution is 5.62. The number of anilines is 3. The molecular formula is C16H20N2. The fraction of sp³-hybridized carbons (Fsp3) is 0.250. The smallest absolute Gasteiger partial charge is 0.0385 e. The summed E-state index contributed by atoms with van der Waals surface area (Å²) in [5, 5.41) is 3.35. The van der Waals surface area contributed by atoms with Crippen LogP contribution in [0.4, 0.5) is 17.1 Å². The number of nitrogens with one attached hydrogen (secondary N) is 1. The molecule has 0 spiro atoms. The Labute approximate surface area is 109 Å². The molecule has 0 saturated carbocycles. The molecule has 0 heterocycles. The summed E-state index contributed by atoms with van der Waals surface area (Å²) in [5.41, 5.74) is 10.1. The van der Waals surface area contributed by atoms with Crippen LogP contribution < -0.4 is 11.1 Å². The van der Waals surface area contributed by atoms with Crippen molar-refractivity contribution in [3.05, 3.63) is 54.1 Å². The number of hydrogen-bond donors (Lipinski definition) is 2. The van der Waals surface area contributed by atoms with Crippen molar-refractivity contribution in [3.63, 3.8) is 0 Å². The fourth-order valence-corrected chi connectivity index (χ4v) is 1.79. The number of nitrogen functional groups attached to an aromatic ring is 1. The Morgan fingerprint density at radius 3 is 1.67 bits per heavy atom. The van der Waals surface area contributed by atoms with E-state index in [-0.39, 0.29) is 5.41 Å². The number of hydrogen-bond acceptors (Lipinski definition) is 2. The summed E-state index contributed by atoms with van der Waals surface area (Å²) in [6.45, 7) is 6.65. The van der Waals surface area contributed by atoms with Crippen molar-refractivity contribution in [2.75, 3.05) is 11.1 Å². The lowest BCUT2D eigenvalue weighted by Crippen LogP contribution is -2.10. The summed E-state index contributed by atoms with van der Waals surface area (Å²) >= 11 is 0. The summed E-state index contributed by atoms with van der Waals surface area (Å²) in [4.78, 5) is 0. The van der Waals surface area contributed by atoms with Gasteiger partial charge in [-0.25, -0.2) is 0 Å². The van der Waals surface area contributed by atoms with Gasteiger partial charge in [0.25, 0.3) is 0 Å². The summed E-state index contributed by atoms with van der Waals surface area (Å²) in [6, 6.07) is 16.3. The Morgan fingerprint density at radius 1 is 0.778 bits per heavy atom. The van der Waals surface area contributed by atoms with Gasteiger partial charge in [0.15, 0.2) is 0 Å². The van der Waals surface area contributed by atoms with Crippen molar-refractivity contribution in [3.8, 4) is 0 Å². The molecular weight excluding hydrogens is 220 g/mol. The topological polar surface area (TPSA) is 38.0 Å². The fourth-order valence-electron chi connectivity index (χ4n) is 1.79. The predicted molar refractivity (Wildman–Crippen MR) is 79.3 cm³/mol. The zero-order chi connectivity index (χ0) is 13.2. The van der Waals surface area contributed by atoms with E-state index in [2.05, 4.69) is 50.4 Å². The van der Waals surface area contributed by atoms with Gasteiger partial charge < -0.3 is 11.1 Å². The lowest BCUT2D eigenvalue weighted by Gasteiger charge is -2.19. The van der Waals surface area contributed by atoms with Gasteiger partial charge in [-0.1, -0.05) is 32.9 Å². The van der Waals surface area contributed by atoms with Crippen LogP contribution in [0, 0.1) is 0 Å². The average Bonchev–Trinajstić information content (AvgIpc) is 2.32. The number of nitrogens with two attached hydrogens (primary N) is 1. The molecule has 94 valence electrons. The molecule has 0 aliphatic rings. The van der Waals surface area contributed by atoms with Gasteiger partial charge in [-0.15, -0.1) is 0 Å². The second kappa shape index (κ2) is 4.73. The first-order valence-corrected chi connectivity index (χ1v) is 6.18. The predicted octanol–water partition coefficient (Wildman–Crippen LogP) is 4.31. The second-order valence-electron chi connectivity index (χ2n) is 5.57. The Morgan fingerprint density at radius 2 is 1.22 bits per heavy atom. The maximum atomic E-state index is 5.66. The third kappa shape index (κ3) is 3.04. The average molecular weight is 240 g/mol. The quantitative estimate of drug-likeness (QED) is 0.768. The molecule has 3 N–H and O–H groups in total. The Hall–Kier alpha value is -1.96. The Bertz CT molecular complexity index is 504. The van der Waals surface area contributed by atoms with Crippen LogP contribution in [0.5, 0.6) is 0 Å². The molecule has 0 radical (unpaired) electrons. The first kappa shape index (κ1) is 12.5. The molecule has 2 aromatic rings. The van der Waals surface area contributed by atoms with Gasteiger partial charge in [0.1, 0.15) is 0 Å². The highest BCUT2D eigenvalue weighted by atomic mass is 14.9. The van der Waals surface area contributed by atoms with Crippen molar-refractivity contribution in [2.24, 2.45) is 0 Å². The van der Waals surface area contributed by atoms with Crippen molar-refractivity contribution in [1.29, 1.82) is 0 Å². The molecule has 0 saturated heterocycles. The van der Waals surface area contributed by atoms with Crippen LogP contribution in [0.3, 0.4) is 0 Å². The standard InChI is InChI=1S/C16H20N2/c1-16(2,3)12-4-8-14(9-5-12)18-15-10-6-13(17)7-11-15/h4-11,18H,17H2,1-3H3. The molecule has 0 unspecified atom stereocenters. The molecule has 0 fully saturated rings. The highest BCUT2D eigenvalue weighted by Crippen LogP contribution is 2.25. The maximum Gasteiger partial charge on any atom is 0.0385 e. The van der Waals surface area contributed by atoms with E-state index in [1.165, 1.54) is 5.56 Å². The lowest BCUT2D eigenvalue weighted by atomic mass is 9.87. The van der Waals surface area contributed by atoms with E-state index in [1.807, 2.05) is 24.3 Å². The van der Waals surface area contributed by atoms with Gasteiger partial charge >= 0.3 is 0 Å². The molecule has 0 aliphatic carbocycles. The van der Waals surface area contributed by atoms with Gasteiger partial charge in [-0.3, -0.25) is 0 Å². The van der Waals surface area contributed by atoms with Gasteiger partial charge in [0, 0.05) is 17.1 Å². The van der Waals surface area contributed by atoms with Crippen LogP contribution in [0.15, 0.2) is 48.5 Å². The van der Waals surface area contributed by atoms with E-state index in [1.54, 1.807) is 0 Å². The monoisotopic (exact) mass is 240 g/mol. The molecule has 2 heteroatoms. The SMILES string of the molecule is CC(C)(C)c1ccc(Nc2ccc(N)cc2)cc1. The molecule has 2 rings (SSSR count). The van der Waals surface area contributed by atoms with Crippen molar-refractivity contribution < 1.29 is 0 Å². The number of benzene rings is 2. The third-order valence-corrected chi connectivity index (χ3v) is 2.95. The molecule has 0 aliphatic heterocycles. The second-order valence-corrected chi connectivity index (χ2v) is 5.57. The summed E-state index contributed by atoms with van der Waals surface area (Å²) < 4.78 is 0. The molecule has 2 aromatic carbocycles. The normalized spacial score (nSPS) is 11.3. The van der Waals surface area contributed by atoms with Crippen molar-refractivity contribution in [1.82, 2.24) is 0 Å². The molecule has 0 bridgehead atoms. The third-order valence-electron chi connectivity index (χ3n) is 2.95. The van der Waals surface area contributed by atoms with E-state index in [4.69, 9.17) is 5.73 Å². The number of rotatable bonds is 2. The highest BCUT2D eigenvalue weighted by Gasteiger charge is 2.12. The molecule has 2 nitrogen and oxygen atoms in total. The molecule has 0 aromatic heterocycles. The first-order chi connectivity index (χ1) is 8.45. The minimum Gasteiger partial charge on any atom is -0.399 e. The first-order valence-electron chi connectivity index (χ1n) is 6.18. The van der Waals surface area contributed by atoms with Crippen LogP contribution in [-0.4, -0.2) is 0 Å². The summed E-state index contributed by atoms with van der Waals surface area (Å²) in [7, 11) is 0. The molecule has 0 amide bonds. The van der Waals surface area contributed by atoms with Crippen molar-refractivity contribution >= 4 is 17.1 Å². The largest absolute Gasteiger partial charge is 0.399 e. The molecule has 0 atom stereocenters. The Balaban J connectivity index is 2.13. The van der Waals surface area contributed by atoms with Gasteiger partial charge in [-0.2, -0.15) is 0 Å². The molecule has 18 heavy (non-hydrogen) atoms. The minimum absolute atomic E-state index is 0.194. The van der Waals surface area contributed by atoms with E-state index >= 15 is 0 Å². The van der Waals surface area contributed by atoms with Crippen LogP contribution in [0.1, 0.15) is 26.3 Å². The van der Waals surface area contributed by atoms with E-state index in [0.29, 0.717) is 0 Å². The lowest BCUT2D eigenvalue weighted by molar-refractivity contribution is 0.590. The summed E-state index contributed by atoms with van der Waals surface area (Å²) in [5.74, 6) is 0.